The van der Waals surface area contributed by atoms with Gasteiger partial charge in [-0.1, -0.05) is 13.0 Å². The largest absolute Gasteiger partial charge is 0.349 e. The van der Waals surface area contributed by atoms with Crippen LogP contribution >= 0.6 is 0 Å². The van der Waals surface area contributed by atoms with Crippen molar-refractivity contribution in [1.82, 2.24) is 4.57 Å². The van der Waals surface area contributed by atoms with Crippen molar-refractivity contribution >= 4 is 5.78 Å². The van der Waals surface area contributed by atoms with Gasteiger partial charge in [-0.3, -0.25) is 4.79 Å². The van der Waals surface area contributed by atoms with E-state index in [2.05, 4.69) is 0 Å². The van der Waals surface area contributed by atoms with Crippen LogP contribution in [0.4, 0.5) is 4.39 Å². The van der Waals surface area contributed by atoms with Crippen LogP contribution in [0, 0.1) is 12.7 Å². The number of halogens is 1. The van der Waals surface area contributed by atoms with E-state index in [1.54, 1.807) is 6.07 Å². The lowest BCUT2D eigenvalue weighted by Gasteiger charge is -2.07. The van der Waals surface area contributed by atoms with Crippen LogP contribution in [0.15, 0.2) is 36.7 Å². The molecule has 2 nitrogen and oxygen atoms in total. The normalized spacial score (nSPS) is 10.6. The summed E-state index contributed by atoms with van der Waals surface area (Å²) in [6.45, 7) is 4.40. The van der Waals surface area contributed by atoms with E-state index in [0.717, 1.165) is 16.7 Å². The average molecular weight is 245 g/mol. The smallest absolute Gasteiger partial charge is 0.164 e. The van der Waals surface area contributed by atoms with Crippen molar-refractivity contribution in [3.8, 4) is 0 Å². The lowest BCUT2D eigenvalue weighted by molar-refractivity contribution is 0.0988. The molecule has 0 aliphatic carbocycles. The molecular formula is C15H16FNO. The summed E-state index contributed by atoms with van der Waals surface area (Å²) in [4.78, 5) is 11.5. The number of aryl methyl sites for hydroxylation is 1. The van der Waals surface area contributed by atoms with Gasteiger partial charge < -0.3 is 4.57 Å². The fourth-order valence-electron chi connectivity index (χ4n) is 1.94. The van der Waals surface area contributed by atoms with Crippen molar-refractivity contribution in [3.63, 3.8) is 0 Å². The van der Waals surface area contributed by atoms with Gasteiger partial charge in [0.1, 0.15) is 5.82 Å². The van der Waals surface area contributed by atoms with E-state index in [-0.39, 0.29) is 11.6 Å². The molecular weight excluding hydrogens is 229 g/mol. The number of benzene rings is 1. The van der Waals surface area contributed by atoms with Crippen LogP contribution in [0.3, 0.4) is 0 Å². The highest BCUT2D eigenvalue weighted by molar-refractivity contribution is 5.95. The SMILES string of the molecule is CCC(=O)c1ccn(Cc2ccc(F)cc2C)c1. The second kappa shape index (κ2) is 5.17. The molecule has 1 aromatic heterocycles. The van der Waals surface area contributed by atoms with E-state index in [1.807, 2.05) is 36.9 Å². The number of hydrogen-bond acceptors (Lipinski definition) is 1. The number of nitrogens with zero attached hydrogens (tertiary/aromatic N) is 1. The standard InChI is InChI=1S/C15H16FNO/c1-3-15(18)13-6-7-17(10-13)9-12-4-5-14(16)8-11(12)2/h4-8,10H,3,9H2,1-2H3. The third-order valence-electron chi connectivity index (χ3n) is 3.05. The van der Waals surface area contributed by atoms with E-state index < -0.39 is 0 Å². The van der Waals surface area contributed by atoms with Gasteiger partial charge in [0.25, 0.3) is 0 Å². The molecule has 2 rings (SSSR count). The molecule has 94 valence electrons. The zero-order valence-electron chi connectivity index (χ0n) is 10.6. The van der Waals surface area contributed by atoms with E-state index in [0.29, 0.717) is 13.0 Å². The topological polar surface area (TPSA) is 22.0 Å². The van der Waals surface area contributed by atoms with Gasteiger partial charge in [-0.05, 0) is 36.2 Å². The molecule has 0 fully saturated rings. The fraction of sp³-hybridized carbons (Fsp3) is 0.267. The number of carbonyl (C=O) groups is 1. The Hall–Kier alpha value is -1.90. The minimum Gasteiger partial charge on any atom is -0.349 e. The number of Topliss-reactive ketones (excluding diaryl/α,β-unsaturated/α-hetero) is 1. The highest BCUT2D eigenvalue weighted by Gasteiger charge is 2.06. The van der Waals surface area contributed by atoms with Crippen LogP contribution in [0.25, 0.3) is 0 Å². The van der Waals surface area contributed by atoms with Gasteiger partial charge in [0.15, 0.2) is 5.78 Å². The van der Waals surface area contributed by atoms with Gasteiger partial charge in [0, 0.05) is 30.9 Å². The molecule has 1 aromatic carbocycles. The van der Waals surface area contributed by atoms with Crippen molar-refractivity contribution in [2.75, 3.05) is 0 Å². The third-order valence-corrected chi connectivity index (χ3v) is 3.05. The summed E-state index contributed by atoms with van der Waals surface area (Å²) in [5.74, 6) is -0.0739. The monoisotopic (exact) mass is 245 g/mol. The molecule has 18 heavy (non-hydrogen) atoms. The molecule has 0 N–H and O–H groups in total. The maximum atomic E-state index is 13.0. The molecule has 0 aliphatic heterocycles. The molecule has 0 saturated carbocycles. The van der Waals surface area contributed by atoms with E-state index >= 15 is 0 Å². The first-order valence-electron chi connectivity index (χ1n) is 6.04. The first-order chi connectivity index (χ1) is 8.60. The van der Waals surface area contributed by atoms with Crippen LogP contribution in [0.2, 0.25) is 0 Å². The van der Waals surface area contributed by atoms with Crippen LogP contribution < -0.4 is 0 Å². The van der Waals surface area contributed by atoms with Crippen LogP contribution in [-0.2, 0) is 6.54 Å². The predicted molar refractivity (Wildman–Crippen MR) is 69.3 cm³/mol. The molecule has 0 unspecified atom stereocenters. The zero-order valence-corrected chi connectivity index (χ0v) is 10.6. The molecule has 0 saturated heterocycles. The molecule has 0 amide bonds. The van der Waals surface area contributed by atoms with Crippen molar-refractivity contribution < 1.29 is 9.18 Å². The highest BCUT2D eigenvalue weighted by atomic mass is 19.1. The molecule has 1 heterocycles. The fourth-order valence-corrected chi connectivity index (χ4v) is 1.94. The van der Waals surface area contributed by atoms with Crippen molar-refractivity contribution in [2.24, 2.45) is 0 Å². The van der Waals surface area contributed by atoms with Crippen LogP contribution in [0.1, 0.15) is 34.8 Å². The number of hydrogen-bond donors (Lipinski definition) is 0. The highest BCUT2D eigenvalue weighted by Crippen LogP contribution is 2.13. The van der Waals surface area contributed by atoms with E-state index in [9.17, 15) is 9.18 Å². The Morgan fingerprint density at radius 3 is 2.78 bits per heavy atom. The molecule has 2 aromatic rings. The summed E-state index contributed by atoms with van der Waals surface area (Å²) < 4.78 is 14.9. The van der Waals surface area contributed by atoms with Crippen LogP contribution in [0.5, 0.6) is 0 Å². The molecule has 0 atom stereocenters. The Labute approximate surface area is 106 Å². The number of aromatic nitrogens is 1. The lowest BCUT2D eigenvalue weighted by atomic mass is 10.1. The Bertz CT molecular complexity index is 572. The maximum absolute atomic E-state index is 13.0. The van der Waals surface area contributed by atoms with Gasteiger partial charge in [0.2, 0.25) is 0 Å². The summed E-state index contributed by atoms with van der Waals surface area (Å²) >= 11 is 0. The van der Waals surface area contributed by atoms with E-state index in [4.69, 9.17) is 0 Å². The average Bonchev–Trinajstić information content (AvgIpc) is 2.80. The molecule has 3 heteroatoms. The maximum Gasteiger partial charge on any atom is 0.164 e. The summed E-state index contributed by atoms with van der Waals surface area (Å²) in [5, 5.41) is 0. The first-order valence-corrected chi connectivity index (χ1v) is 6.04. The Kier molecular flexibility index (Phi) is 3.60. The molecule has 0 radical (unpaired) electrons. The summed E-state index contributed by atoms with van der Waals surface area (Å²) in [5.41, 5.74) is 2.71. The second-order valence-corrected chi connectivity index (χ2v) is 4.42. The van der Waals surface area contributed by atoms with Gasteiger partial charge in [-0.2, -0.15) is 0 Å². The number of ketones is 1. The summed E-state index contributed by atoms with van der Waals surface area (Å²) in [6, 6.07) is 6.59. The van der Waals surface area contributed by atoms with Crippen molar-refractivity contribution in [1.29, 1.82) is 0 Å². The Morgan fingerprint density at radius 2 is 2.11 bits per heavy atom. The molecule has 0 spiro atoms. The number of carbonyl (C=O) groups excluding carboxylic acids is 1. The van der Waals surface area contributed by atoms with Crippen LogP contribution in [-0.4, -0.2) is 10.4 Å². The summed E-state index contributed by atoms with van der Waals surface area (Å²) in [7, 11) is 0. The van der Waals surface area contributed by atoms with Crippen molar-refractivity contribution in [3.05, 3.63) is 59.2 Å². The molecule has 0 bridgehead atoms. The van der Waals surface area contributed by atoms with Gasteiger partial charge in [-0.15, -0.1) is 0 Å². The Morgan fingerprint density at radius 1 is 1.33 bits per heavy atom. The first kappa shape index (κ1) is 12.6. The Balaban J connectivity index is 2.18. The minimum atomic E-state index is -0.217. The quantitative estimate of drug-likeness (QED) is 0.755. The second-order valence-electron chi connectivity index (χ2n) is 4.42. The third kappa shape index (κ3) is 2.67. The van der Waals surface area contributed by atoms with Gasteiger partial charge in [-0.25, -0.2) is 4.39 Å². The van der Waals surface area contributed by atoms with E-state index in [1.165, 1.54) is 12.1 Å². The molecule has 0 aliphatic rings. The predicted octanol–water partition coefficient (Wildman–Crippen LogP) is 3.58. The summed E-state index contributed by atoms with van der Waals surface area (Å²) in [6.07, 6.45) is 4.24. The minimum absolute atomic E-state index is 0.143. The lowest BCUT2D eigenvalue weighted by Crippen LogP contribution is -2.00. The van der Waals surface area contributed by atoms with Gasteiger partial charge >= 0.3 is 0 Å². The number of rotatable bonds is 4. The zero-order chi connectivity index (χ0) is 13.1. The van der Waals surface area contributed by atoms with Crippen molar-refractivity contribution in [2.45, 2.75) is 26.8 Å². The van der Waals surface area contributed by atoms with Gasteiger partial charge in [0.05, 0.1) is 0 Å².